The van der Waals surface area contributed by atoms with Crippen LogP contribution in [0.25, 0.3) is 11.4 Å². The average molecular weight is 417 g/mol. The first-order valence-electron chi connectivity index (χ1n) is 9.68. The van der Waals surface area contributed by atoms with Crippen LogP contribution in [-0.2, 0) is 6.61 Å². The van der Waals surface area contributed by atoms with Crippen LogP contribution in [-0.4, -0.2) is 26.1 Å². The van der Waals surface area contributed by atoms with E-state index in [0.29, 0.717) is 35.3 Å². The number of H-pyrrole nitrogens is 1. The van der Waals surface area contributed by atoms with Crippen LogP contribution in [0.1, 0.15) is 40.6 Å². The molecule has 4 aromatic rings. The molecule has 0 unspecified atom stereocenters. The number of hydrogen-bond donors (Lipinski definition) is 2. The van der Waals surface area contributed by atoms with Gasteiger partial charge in [-0.25, -0.2) is 9.97 Å². The molecule has 2 N–H and O–H groups in total. The zero-order chi connectivity index (χ0) is 20.3. The molecule has 30 heavy (non-hydrogen) atoms. The van der Waals surface area contributed by atoms with Crippen LogP contribution in [0.15, 0.2) is 59.4 Å². The van der Waals surface area contributed by atoms with E-state index in [0.717, 1.165) is 29.9 Å². The summed E-state index contributed by atoms with van der Waals surface area (Å²) in [5.41, 5.74) is 4.69. The Bertz CT molecular complexity index is 1170. The van der Waals surface area contributed by atoms with Gasteiger partial charge in [0.15, 0.2) is 5.82 Å². The zero-order valence-corrected chi connectivity index (χ0v) is 16.9. The topological polar surface area (TPSA) is 92.8 Å². The standard InChI is InChI=1S/C22H19N5O2S/c28-22(16-4-2-6-19(10-16)29-11-18-12-30-13-23-18)24-17-5-1-3-15(9-17)21-25-20(26-27-21)14-7-8-14/h1-6,9-10,12-14H,7-8,11H2,(H,24,28)(H,25,26,27). The fourth-order valence-corrected chi connectivity index (χ4v) is 3.62. The van der Waals surface area contributed by atoms with Gasteiger partial charge in [0, 0.05) is 28.1 Å². The molecule has 1 fully saturated rings. The third-order valence-corrected chi connectivity index (χ3v) is 5.45. The minimum atomic E-state index is -0.208. The third kappa shape index (κ3) is 4.23. The highest BCUT2D eigenvalue weighted by atomic mass is 32.1. The lowest BCUT2D eigenvalue weighted by Gasteiger charge is -2.09. The van der Waals surface area contributed by atoms with Crippen LogP contribution in [0.2, 0.25) is 0 Å². The average Bonchev–Trinajstić information content (AvgIpc) is 3.27. The molecule has 0 spiro atoms. The molecule has 1 aliphatic carbocycles. The lowest BCUT2D eigenvalue weighted by atomic mass is 10.1. The Kier molecular flexibility index (Phi) is 4.98. The van der Waals surface area contributed by atoms with Gasteiger partial charge < -0.3 is 10.1 Å². The predicted molar refractivity (Wildman–Crippen MR) is 115 cm³/mol. The highest BCUT2D eigenvalue weighted by Crippen LogP contribution is 2.38. The van der Waals surface area contributed by atoms with E-state index in [-0.39, 0.29) is 5.91 Å². The molecule has 1 amide bonds. The Hall–Kier alpha value is -3.52. The fraction of sp³-hybridized carbons (Fsp3) is 0.182. The van der Waals surface area contributed by atoms with Crippen LogP contribution < -0.4 is 10.1 Å². The molecule has 0 aliphatic heterocycles. The molecular weight excluding hydrogens is 398 g/mol. The molecule has 8 heteroatoms. The van der Waals surface area contributed by atoms with Crippen molar-refractivity contribution in [1.82, 2.24) is 20.2 Å². The molecule has 1 saturated carbocycles. The number of amides is 1. The van der Waals surface area contributed by atoms with Gasteiger partial charge in [0.25, 0.3) is 5.91 Å². The van der Waals surface area contributed by atoms with Crippen LogP contribution in [0.5, 0.6) is 5.75 Å². The van der Waals surface area contributed by atoms with Crippen LogP contribution >= 0.6 is 11.3 Å². The van der Waals surface area contributed by atoms with Crippen molar-refractivity contribution in [3.63, 3.8) is 0 Å². The zero-order valence-electron chi connectivity index (χ0n) is 16.0. The van der Waals surface area contributed by atoms with Crippen LogP contribution in [0.4, 0.5) is 5.69 Å². The van der Waals surface area contributed by atoms with Gasteiger partial charge in [-0.3, -0.25) is 9.89 Å². The minimum Gasteiger partial charge on any atom is -0.487 e. The number of nitrogens with zero attached hydrogens (tertiary/aromatic N) is 3. The molecule has 1 aliphatic rings. The SMILES string of the molecule is O=C(Nc1cccc(-c2n[nH]c(C3CC3)n2)c1)c1cccc(OCc2cscn2)c1. The molecule has 2 heterocycles. The second-order valence-corrected chi connectivity index (χ2v) is 7.87. The molecule has 2 aromatic heterocycles. The van der Waals surface area contributed by atoms with Gasteiger partial charge in [0.2, 0.25) is 0 Å². The Morgan fingerprint density at radius 3 is 2.93 bits per heavy atom. The summed E-state index contributed by atoms with van der Waals surface area (Å²) >= 11 is 1.52. The quantitative estimate of drug-likeness (QED) is 0.457. The molecule has 0 bridgehead atoms. The summed E-state index contributed by atoms with van der Waals surface area (Å²) < 4.78 is 5.74. The smallest absolute Gasteiger partial charge is 0.255 e. The number of carbonyl (C=O) groups is 1. The van der Waals surface area contributed by atoms with E-state index in [9.17, 15) is 4.79 Å². The van der Waals surface area contributed by atoms with Gasteiger partial charge in [-0.05, 0) is 43.2 Å². The number of nitrogens with one attached hydrogen (secondary N) is 2. The van der Waals surface area contributed by atoms with Gasteiger partial charge in [-0.1, -0.05) is 18.2 Å². The van der Waals surface area contributed by atoms with E-state index in [1.807, 2.05) is 35.7 Å². The maximum atomic E-state index is 12.7. The number of hydrogen-bond acceptors (Lipinski definition) is 6. The highest BCUT2D eigenvalue weighted by molar-refractivity contribution is 7.07. The van der Waals surface area contributed by atoms with Crippen molar-refractivity contribution < 1.29 is 9.53 Å². The molecular formula is C22H19N5O2S. The van der Waals surface area contributed by atoms with E-state index in [2.05, 4.69) is 25.5 Å². The summed E-state index contributed by atoms with van der Waals surface area (Å²) in [7, 11) is 0. The van der Waals surface area contributed by atoms with E-state index in [1.165, 1.54) is 11.3 Å². The summed E-state index contributed by atoms with van der Waals surface area (Å²) in [6.07, 6.45) is 2.33. The van der Waals surface area contributed by atoms with Gasteiger partial charge in [-0.2, -0.15) is 5.10 Å². The highest BCUT2D eigenvalue weighted by Gasteiger charge is 2.27. The van der Waals surface area contributed by atoms with Crippen molar-refractivity contribution in [2.75, 3.05) is 5.32 Å². The lowest BCUT2D eigenvalue weighted by molar-refractivity contribution is 0.102. The largest absolute Gasteiger partial charge is 0.487 e. The number of aromatic nitrogens is 4. The summed E-state index contributed by atoms with van der Waals surface area (Å²) in [5.74, 6) is 2.51. The predicted octanol–water partition coefficient (Wildman–Crippen LogP) is 4.64. The van der Waals surface area contributed by atoms with Crippen molar-refractivity contribution in [3.05, 3.63) is 76.5 Å². The third-order valence-electron chi connectivity index (χ3n) is 4.81. The Morgan fingerprint density at radius 1 is 1.20 bits per heavy atom. The number of aromatic amines is 1. The van der Waals surface area contributed by atoms with E-state index < -0.39 is 0 Å². The van der Waals surface area contributed by atoms with Crippen molar-refractivity contribution in [2.24, 2.45) is 0 Å². The van der Waals surface area contributed by atoms with E-state index in [4.69, 9.17) is 4.74 Å². The van der Waals surface area contributed by atoms with Gasteiger partial charge >= 0.3 is 0 Å². The summed E-state index contributed by atoms with van der Waals surface area (Å²) in [6.45, 7) is 0.371. The van der Waals surface area contributed by atoms with Crippen molar-refractivity contribution >= 4 is 22.9 Å². The number of thiazole rings is 1. The van der Waals surface area contributed by atoms with Crippen LogP contribution in [0, 0.1) is 0 Å². The molecule has 7 nitrogen and oxygen atoms in total. The van der Waals surface area contributed by atoms with Crippen molar-refractivity contribution in [3.8, 4) is 17.1 Å². The summed E-state index contributed by atoms with van der Waals surface area (Å²) in [6, 6.07) is 14.6. The van der Waals surface area contributed by atoms with Gasteiger partial charge in [-0.15, -0.1) is 11.3 Å². The van der Waals surface area contributed by atoms with E-state index in [1.54, 1.807) is 23.7 Å². The molecule has 2 aromatic carbocycles. The van der Waals surface area contributed by atoms with E-state index >= 15 is 0 Å². The first kappa shape index (κ1) is 18.5. The maximum absolute atomic E-state index is 12.7. The maximum Gasteiger partial charge on any atom is 0.255 e. The Balaban J connectivity index is 1.27. The number of benzene rings is 2. The molecule has 150 valence electrons. The molecule has 0 saturated heterocycles. The Labute approximate surface area is 177 Å². The minimum absolute atomic E-state index is 0.208. The first-order chi connectivity index (χ1) is 14.7. The molecule has 5 rings (SSSR count). The first-order valence-corrected chi connectivity index (χ1v) is 10.6. The second-order valence-electron chi connectivity index (χ2n) is 7.15. The number of rotatable bonds is 7. The Morgan fingerprint density at radius 2 is 2.10 bits per heavy atom. The monoisotopic (exact) mass is 417 g/mol. The normalized spacial score (nSPS) is 13.2. The van der Waals surface area contributed by atoms with Crippen LogP contribution in [0.3, 0.4) is 0 Å². The number of anilines is 1. The van der Waals surface area contributed by atoms with Crippen molar-refractivity contribution in [2.45, 2.75) is 25.4 Å². The lowest BCUT2D eigenvalue weighted by Crippen LogP contribution is -2.12. The summed E-state index contributed by atoms with van der Waals surface area (Å²) in [4.78, 5) is 21.5. The summed E-state index contributed by atoms with van der Waals surface area (Å²) in [5, 5.41) is 12.2. The number of ether oxygens (including phenoxy) is 1. The number of carbonyl (C=O) groups excluding carboxylic acids is 1. The van der Waals surface area contributed by atoms with Gasteiger partial charge in [0.1, 0.15) is 18.2 Å². The van der Waals surface area contributed by atoms with Gasteiger partial charge in [0.05, 0.1) is 11.2 Å². The molecule has 0 atom stereocenters. The molecule has 0 radical (unpaired) electrons. The van der Waals surface area contributed by atoms with Crippen molar-refractivity contribution in [1.29, 1.82) is 0 Å². The fourth-order valence-electron chi connectivity index (χ4n) is 3.08. The second kappa shape index (κ2) is 8.08.